The quantitative estimate of drug-likeness (QED) is 0.143. The Morgan fingerprint density at radius 3 is 2.65 bits per heavy atom. The number of hydrogen-bond donors (Lipinski definition) is 3. The van der Waals surface area contributed by atoms with Crippen LogP contribution in [0, 0.1) is 5.41 Å². The lowest BCUT2D eigenvalue weighted by Crippen LogP contribution is -2.35. The standard InChI is InChI=1S/C31H36N4O5/c1-5-25(27-7-6-8-28(33-27)34-30(38-4)26(16-32)31(36)37)29(20(2)3)40-19-21-9-10-22-17-35(18-23(22)15-21)24-11-13-39-14-12-24/h5-10,15-16,24,32H,1-2,11-14,17-19H2,3-4H3,(H,33,34)(H,36,37)/b29-25-,30-26-,32-16?. The molecule has 0 radical (unpaired) electrons. The van der Waals surface area contributed by atoms with Crippen molar-refractivity contribution in [1.29, 1.82) is 5.41 Å². The molecule has 1 fully saturated rings. The number of aliphatic carboxylic acids is 1. The van der Waals surface area contributed by atoms with Gasteiger partial charge in [-0.3, -0.25) is 4.90 Å². The molecule has 0 bridgehead atoms. The van der Waals surface area contributed by atoms with Gasteiger partial charge >= 0.3 is 5.97 Å². The van der Waals surface area contributed by atoms with Gasteiger partial charge in [0.15, 0.2) is 0 Å². The second kappa shape index (κ2) is 13.2. The summed E-state index contributed by atoms with van der Waals surface area (Å²) in [5.74, 6) is -0.483. The van der Waals surface area contributed by atoms with E-state index in [1.165, 1.54) is 18.2 Å². The number of hydrogen-bond acceptors (Lipinski definition) is 8. The minimum absolute atomic E-state index is 0.0975. The highest BCUT2D eigenvalue weighted by molar-refractivity contribution is 6.08. The first kappa shape index (κ1) is 28.8. The molecule has 2 aromatic rings. The van der Waals surface area contributed by atoms with Crippen LogP contribution in [0.2, 0.25) is 0 Å². The minimum Gasteiger partial charge on any atom is -0.488 e. The van der Waals surface area contributed by atoms with E-state index in [2.05, 4.69) is 46.6 Å². The van der Waals surface area contributed by atoms with E-state index in [4.69, 9.17) is 19.6 Å². The van der Waals surface area contributed by atoms with Gasteiger partial charge in [-0.05, 0) is 54.2 Å². The third-order valence-corrected chi connectivity index (χ3v) is 7.03. The minimum atomic E-state index is -1.29. The molecular formula is C31H36N4O5. The number of pyridine rings is 1. The SMILES string of the molecule is C=C/C(=C(/OCc1ccc2c(c1)CN(C1CCOCC1)C2)C(=C)C)c1cccc(N/C(OC)=C(\C=N)C(=O)O)n1. The monoisotopic (exact) mass is 544 g/mol. The number of benzene rings is 1. The molecule has 40 heavy (non-hydrogen) atoms. The molecule has 3 N–H and O–H groups in total. The van der Waals surface area contributed by atoms with Crippen LogP contribution in [0.5, 0.6) is 0 Å². The van der Waals surface area contributed by atoms with E-state index in [9.17, 15) is 9.90 Å². The average Bonchev–Trinajstić information content (AvgIpc) is 3.39. The predicted octanol–water partition coefficient (Wildman–Crippen LogP) is 5.27. The van der Waals surface area contributed by atoms with Crippen LogP contribution in [0.25, 0.3) is 5.57 Å². The first-order chi connectivity index (χ1) is 19.3. The number of ether oxygens (including phenoxy) is 3. The summed E-state index contributed by atoms with van der Waals surface area (Å²) in [6, 6.07) is 12.4. The number of allylic oxidation sites excluding steroid dienone is 3. The van der Waals surface area contributed by atoms with E-state index >= 15 is 0 Å². The maximum atomic E-state index is 11.4. The summed E-state index contributed by atoms with van der Waals surface area (Å²) in [5.41, 5.74) is 5.37. The molecule has 0 amide bonds. The summed E-state index contributed by atoms with van der Waals surface area (Å²) in [7, 11) is 1.32. The first-order valence-electron chi connectivity index (χ1n) is 13.2. The van der Waals surface area contributed by atoms with Gasteiger partial charge in [0.25, 0.3) is 0 Å². The second-order valence-corrected chi connectivity index (χ2v) is 9.80. The van der Waals surface area contributed by atoms with Gasteiger partial charge < -0.3 is 30.0 Å². The molecule has 1 saturated heterocycles. The van der Waals surface area contributed by atoms with Crippen LogP contribution in [0.4, 0.5) is 5.82 Å². The molecule has 0 atom stereocenters. The second-order valence-electron chi connectivity index (χ2n) is 9.80. The van der Waals surface area contributed by atoms with Gasteiger partial charge in [0.1, 0.15) is 23.8 Å². The third kappa shape index (κ3) is 6.67. The smallest absolute Gasteiger partial charge is 0.342 e. The lowest BCUT2D eigenvalue weighted by molar-refractivity contribution is -0.132. The zero-order chi connectivity index (χ0) is 28.6. The lowest BCUT2D eigenvalue weighted by Gasteiger charge is -2.30. The fourth-order valence-electron chi connectivity index (χ4n) is 5.00. The van der Waals surface area contributed by atoms with E-state index in [0.29, 0.717) is 41.7 Å². The Morgan fingerprint density at radius 2 is 2.00 bits per heavy atom. The Bertz CT molecular complexity index is 1360. The zero-order valence-corrected chi connectivity index (χ0v) is 23.0. The number of rotatable bonds is 12. The summed E-state index contributed by atoms with van der Waals surface area (Å²) in [5, 5.41) is 19.6. The molecule has 0 unspecified atom stereocenters. The average molecular weight is 545 g/mol. The molecule has 1 aromatic carbocycles. The van der Waals surface area contributed by atoms with Crippen molar-refractivity contribution in [3.63, 3.8) is 0 Å². The Balaban J connectivity index is 1.53. The molecule has 210 valence electrons. The zero-order valence-electron chi connectivity index (χ0n) is 23.0. The van der Waals surface area contributed by atoms with Gasteiger partial charge in [-0.1, -0.05) is 43.5 Å². The summed E-state index contributed by atoms with van der Waals surface area (Å²) >= 11 is 0. The van der Waals surface area contributed by atoms with E-state index in [1.807, 2.05) is 6.92 Å². The third-order valence-electron chi connectivity index (χ3n) is 7.03. The Morgan fingerprint density at radius 1 is 1.25 bits per heavy atom. The molecule has 3 heterocycles. The molecule has 9 nitrogen and oxygen atoms in total. The lowest BCUT2D eigenvalue weighted by atomic mass is 10.1. The van der Waals surface area contributed by atoms with Crippen LogP contribution in [0.3, 0.4) is 0 Å². The van der Waals surface area contributed by atoms with E-state index in [0.717, 1.165) is 50.3 Å². The van der Waals surface area contributed by atoms with Crippen molar-refractivity contribution < 1.29 is 24.1 Å². The number of nitrogens with zero attached hydrogens (tertiary/aromatic N) is 2. The van der Waals surface area contributed by atoms with Crippen LogP contribution in [0.15, 0.2) is 78.4 Å². The van der Waals surface area contributed by atoms with Crippen molar-refractivity contribution in [3.8, 4) is 0 Å². The number of carbonyl (C=O) groups is 1. The van der Waals surface area contributed by atoms with Gasteiger partial charge in [0.2, 0.25) is 5.88 Å². The molecular weight excluding hydrogens is 508 g/mol. The van der Waals surface area contributed by atoms with Crippen LogP contribution >= 0.6 is 0 Å². The van der Waals surface area contributed by atoms with Gasteiger partial charge in [-0.25, -0.2) is 9.78 Å². The largest absolute Gasteiger partial charge is 0.488 e. The predicted molar refractivity (Wildman–Crippen MR) is 155 cm³/mol. The van der Waals surface area contributed by atoms with Gasteiger partial charge in [-0.2, -0.15) is 0 Å². The Kier molecular flexibility index (Phi) is 9.52. The van der Waals surface area contributed by atoms with Crippen LogP contribution in [0.1, 0.15) is 42.1 Å². The van der Waals surface area contributed by atoms with Gasteiger partial charge in [-0.15, -0.1) is 0 Å². The number of aromatic nitrogens is 1. The van der Waals surface area contributed by atoms with Crippen molar-refractivity contribution in [2.75, 3.05) is 25.6 Å². The van der Waals surface area contributed by atoms with Crippen LogP contribution in [-0.4, -0.2) is 53.5 Å². The van der Waals surface area contributed by atoms with E-state index in [-0.39, 0.29) is 11.5 Å². The van der Waals surface area contributed by atoms with E-state index < -0.39 is 5.97 Å². The van der Waals surface area contributed by atoms with Crippen molar-refractivity contribution in [3.05, 3.63) is 101 Å². The fraction of sp³-hybridized carbons (Fsp3) is 0.323. The van der Waals surface area contributed by atoms with Crippen molar-refractivity contribution in [1.82, 2.24) is 9.88 Å². The molecule has 0 spiro atoms. The number of fused-ring (bicyclic) bond motifs is 1. The van der Waals surface area contributed by atoms with E-state index in [1.54, 1.807) is 24.3 Å². The molecule has 1 aromatic heterocycles. The summed E-state index contributed by atoms with van der Waals surface area (Å²) in [4.78, 5) is 18.6. The highest BCUT2D eigenvalue weighted by atomic mass is 16.5. The molecule has 4 rings (SSSR count). The van der Waals surface area contributed by atoms with Gasteiger partial charge in [0, 0.05) is 44.1 Å². The molecule has 0 saturated carbocycles. The Labute approximate surface area is 235 Å². The number of nitrogens with one attached hydrogen (secondary N) is 2. The first-order valence-corrected chi connectivity index (χ1v) is 13.2. The maximum absolute atomic E-state index is 11.4. The van der Waals surface area contributed by atoms with Crippen molar-refractivity contribution >= 4 is 23.6 Å². The molecule has 2 aliphatic rings. The number of anilines is 1. The number of carboxylic acid groups (broad SMARTS) is 1. The summed E-state index contributed by atoms with van der Waals surface area (Å²) in [6.45, 7) is 13.9. The molecule has 9 heteroatoms. The van der Waals surface area contributed by atoms with Crippen LogP contribution in [-0.2, 0) is 38.7 Å². The fourth-order valence-corrected chi connectivity index (χ4v) is 5.00. The number of carboxylic acids is 1. The molecule has 0 aliphatic carbocycles. The summed E-state index contributed by atoms with van der Waals surface area (Å²) in [6.07, 6.45) is 4.54. The highest BCUT2D eigenvalue weighted by Crippen LogP contribution is 2.30. The Hall–Kier alpha value is -4.21. The van der Waals surface area contributed by atoms with Crippen molar-refractivity contribution in [2.24, 2.45) is 0 Å². The van der Waals surface area contributed by atoms with Gasteiger partial charge in [0.05, 0.1) is 12.8 Å². The molecule has 2 aliphatic heterocycles. The normalized spacial score (nSPS) is 16.8. The maximum Gasteiger partial charge on any atom is 0.342 e. The van der Waals surface area contributed by atoms with Crippen LogP contribution < -0.4 is 5.32 Å². The van der Waals surface area contributed by atoms with Crippen molar-refractivity contribution in [2.45, 2.75) is 45.5 Å². The highest BCUT2D eigenvalue weighted by Gasteiger charge is 2.27. The number of methoxy groups -OCH3 is 1. The summed E-state index contributed by atoms with van der Waals surface area (Å²) < 4.78 is 17.0. The topological polar surface area (TPSA) is 117 Å².